The first-order valence-corrected chi connectivity index (χ1v) is 14.2. The van der Waals surface area contributed by atoms with E-state index in [1.54, 1.807) is 0 Å². The van der Waals surface area contributed by atoms with Gasteiger partial charge in [0.1, 0.15) is 18.4 Å². The number of hydrogen-bond acceptors (Lipinski definition) is 5. The fourth-order valence-corrected chi connectivity index (χ4v) is 5.80. The Hall–Kier alpha value is -4.39. The number of hydrogen-bond donors (Lipinski definition) is 1. The third-order valence-corrected chi connectivity index (χ3v) is 7.60. The quantitative estimate of drug-likeness (QED) is 0.342. The minimum atomic E-state index is -0.999. The molecule has 0 spiro atoms. The van der Waals surface area contributed by atoms with Crippen LogP contribution in [0.3, 0.4) is 0 Å². The van der Waals surface area contributed by atoms with Gasteiger partial charge in [0.15, 0.2) is 0 Å². The van der Waals surface area contributed by atoms with Gasteiger partial charge in [-0.25, -0.2) is 4.79 Å². The van der Waals surface area contributed by atoms with Crippen molar-refractivity contribution >= 4 is 17.9 Å². The Morgan fingerprint density at radius 3 is 2.12 bits per heavy atom. The van der Waals surface area contributed by atoms with Crippen LogP contribution in [0.4, 0.5) is 4.79 Å². The summed E-state index contributed by atoms with van der Waals surface area (Å²) in [5, 5.41) is 2.79. The monoisotopic (exact) mass is 552 g/mol. The number of nitrogens with one attached hydrogen (secondary N) is 1. The average molecular weight is 553 g/mol. The number of ether oxygens (including phenoxy) is 2. The number of alkyl carbamates (subject to hydrolysis) is 1. The topological polar surface area (TPSA) is 84.9 Å². The maximum atomic E-state index is 14.0. The molecule has 0 saturated heterocycles. The fourth-order valence-electron chi connectivity index (χ4n) is 5.80. The van der Waals surface area contributed by atoms with Gasteiger partial charge in [0.25, 0.3) is 11.8 Å². The molecule has 3 aromatic rings. The molecule has 3 aromatic carbocycles. The lowest BCUT2D eigenvalue weighted by Crippen LogP contribution is -2.53. The molecule has 1 heterocycles. The van der Waals surface area contributed by atoms with Gasteiger partial charge in [0.2, 0.25) is 0 Å². The van der Waals surface area contributed by atoms with E-state index in [-0.39, 0.29) is 24.9 Å². The number of rotatable bonds is 10. The van der Waals surface area contributed by atoms with E-state index in [0.717, 1.165) is 27.8 Å². The van der Waals surface area contributed by atoms with Crippen molar-refractivity contribution < 1.29 is 23.9 Å². The molecule has 0 unspecified atom stereocenters. The van der Waals surface area contributed by atoms with Crippen LogP contribution in [-0.2, 0) is 25.5 Å². The Labute approximate surface area is 241 Å². The summed E-state index contributed by atoms with van der Waals surface area (Å²) >= 11 is 0. The van der Waals surface area contributed by atoms with Crippen molar-refractivity contribution in [2.75, 3.05) is 13.2 Å². The first-order valence-electron chi connectivity index (χ1n) is 14.2. The second-order valence-corrected chi connectivity index (χ2v) is 10.9. The minimum absolute atomic E-state index is 0.107. The molecule has 1 aliphatic carbocycles. The van der Waals surface area contributed by atoms with E-state index in [1.807, 2.05) is 75.4 Å². The number of carbonyl (C=O) groups excluding carboxylic acids is 3. The number of benzene rings is 3. The lowest BCUT2D eigenvalue weighted by atomic mass is 9.98. The highest BCUT2D eigenvalue weighted by Crippen LogP contribution is 2.44. The zero-order chi connectivity index (χ0) is 28.9. The van der Waals surface area contributed by atoms with Gasteiger partial charge in [-0.1, -0.05) is 92.7 Å². The van der Waals surface area contributed by atoms with Crippen molar-refractivity contribution in [1.29, 1.82) is 0 Å². The summed E-state index contributed by atoms with van der Waals surface area (Å²) in [6.45, 7) is 6.43. The van der Waals surface area contributed by atoms with Gasteiger partial charge in [-0.2, -0.15) is 0 Å². The first kappa shape index (κ1) is 28.1. The number of fused-ring (bicyclic) bond motifs is 3. The fraction of sp³-hybridized carbons (Fsp3) is 0.324. The molecule has 0 radical (unpaired) electrons. The number of carbonyl (C=O) groups is 3. The van der Waals surface area contributed by atoms with Crippen molar-refractivity contribution in [2.45, 2.75) is 51.6 Å². The van der Waals surface area contributed by atoms with Crippen molar-refractivity contribution in [3.63, 3.8) is 0 Å². The normalized spacial score (nSPS) is 16.7. The van der Waals surface area contributed by atoms with Crippen molar-refractivity contribution in [1.82, 2.24) is 10.2 Å². The van der Waals surface area contributed by atoms with Crippen LogP contribution >= 0.6 is 0 Å². The number of nitrogens with zero attached hydrogens (tertiary/aromatic N) is 1. The van der Waals surface area contributed by atoms with Gasteiger partial charge < -0.3 is 14.8 Å². The van der Waals surface area contributed by atoms with Gasteiger partial charge in [-0.15, -0.1) is 0 Å². The molecule has 3 amide bonds. The average Bonchev–Trinajstić information content (AvgIpc) is 3.45. The van der Waals surface area contributed by atoms with E-state index in [2.05, 4.69) is 29.6 Å². The van der Waals surface area contributed by atoms with Crippen LogP contribution in [0.2, 0.25) is 0 Å². The van der Waals surface area contributed by atoms with Crippen molar-refractivity contribution in [3.05, 3.63) is 107 Å². The summed E-state index contributed by atoms with van der Waals surface area (Å²) in [5.41, 5.74) is 5.33. The molecule has 5 rings (SSSR count). The second-order valence-electron chi connectivity index (χ2n) is 10.9. The van der Waals surface area contributed by atoms with E-state index in [1.165, 1.54) is 11.0 Å². The molecular weight excluding hydrogens is 516 g/mol. The molecule has 212 valence electrons. The highest BCUT2D eigenvalue weighted by atomic mass is 16.5. The van der Waals surface area contributed by atoms with Crippen molar-refractivity contribution in [3.8, 4) is 11.1 Å². The molecule has 7 nitrogen and oxygen atoms in total. The Morgan fingerprint density at radius 1 is 0.902 bits per heavy atom. The number of imide groups is 1. The number of amides is 3. The molecule has 1 aliphatic heterocycles. The minimum Gasteiger partial charge on any atom is -0.496 e. The lowest BCUT2D eigenvalue weighted by molar-refractivity contribution is -0.144. The summed E-state index contributed by atoms with van der Waals surface area (Å²) in [6, 6.07) is 24.1. The van der Waals surface area contributed by atoms with Gasteiger partial charge in [-0.05, 0) is 47.1 Å². The van der Waals surface area contributed by atoms with Gasteiger partial charge in [-0.3, -0.25) is 14.5 Å². The van der Waals surface area contributed by atoms with Crippen LogP contribution in [0.1, 0.15) is 49.8 Å². The van der Waals surface area contributed by atoms with E-state index in [0.29, 0.717) is 18.8 Å². The highest BCUT2D eigenvalue weighted by molar-refractivity contribution is 6.06. The van der Waals surface area contributed by atoms with Crippen LogP contribution in [0.5, 0.6) is 0 Å². The van der Waals surface area contributed by atoms with Gasteiger partial charge in [0, 0.05) is 18.4 Å². The maximum Gasteiger partial charge on any atom is 0.407 e. The summed E-state index contributed by atoms with van der Waals surface area (Å²) in [5.74, 6) is -0.322. The summed E-state index contributed by atoms with van der Waals surface area (Å²) in [7, 11) is 0. The third kappa shape index (κ3) is 6.04. The molecule has 0 aromatic heterocycles. The Kier molecular flexibility index (Phi) is 8.53. The molecule has 41 heavy (non-hydrogen) atoms. The molecule has 0 bridgehead atoms. The van der Waals surface area contributed by atoms with Crippen LogP contribution in [0.15, 0.2) is 90.7 Å². The lowest BCUT2D eigenvalue weighted by Gasteiger charge is -2.30. The van der Waals surface area contributed by atoms with E-state index < -0.39 is 30.0 Å². The molecule has 2 aliphatic rings. The zero-order valence-corrected chi connectivity index (χ0v) is 23.7. The molecule has 2 atom stereocenters. The SMILES string of the molecule is CCOC1=CC(=O)N(C(=O)[C@H](Cc2ccccc2)NC(=O)OCC2c3ccccc3-c3ccccc32)[C@H]1CC(C)C. The Balaban J connectivity index is 1.34. The predicted molar refractivity (Wildman–Crippen MR) is 157 cm³/mol. The van der Waals surface area contributed by atoms with Crippen LogP contribution in [0, 0.1) is 5.92 Å². The molecule has 0 fully saturated rings. The van der Waals surface area contributed by atoms with Gasteiger partial charge in [0.05, 0.1) is 12.6 Å². The first-order chi connectivity index (χ1) is 19.9. The second kappa shape index (κ2) is 12.4. The molecule has 1 N–H and O–H groups in total. The third-order valence-electron chi connectivity index (χ3n) is 7.60. The predicted octanol–water partition coefficient (Wildman–Crippen LogP) is 5.84. The maximum absolute atomic E-state index is 14.0. The van der Waals surface area contributed by atoms with Gasteiger partial charge >= 0.3 is 6.09 Å². The largest absolute Gasteiger partial charge is 0.496 e. The molecule has 7 heteroatoms. The van der Waals surface area contributed by atoms with E-state index in [9.17, 15) is 14.4 Å². The summed E-state index contributed by atoms with van der Waals surface area (Å²) in [6.07, 6.45) is 1.46. The van der Waals surface area contributed by atoms with E-state index in [4.69, 9.17) is 9.47 Å². The summed E-state index contributed by atoms with van der Waals surface area (Å²) in [4.78, 5) is 41.5. The Bertz CT molecular complexity index is 1400. The Morgan fingerprint density at radius 2 is 1.51 bits per heavy atom. The van der Waals surface area contributed by atoms with Crippen LogP contribution < -0.4 is 5.32 Å². The molecular formula is C34H36N2O5. The van der Waals surface area contributed by atoms with Crippen molar-refractivity contribution in [2.24, 2.45) is 5.92 Å². The van der Waals surface area contributed by atoms with E-state index >= 15 is 0 Å². The molecule has 0 saturated carbocycles. The van der Waals surface area contributed by atoms with Crippen LogP contribution in [0.25, 0.3) is 11.1 Å². The summed E-state index contributed by atoms with van der Waals surface area (Å²) < 4.78 is 11.5. The zero-order valence-electron chi connectivity index (χ0n) is 23.7. The van der Waals surface area contributed by atoms with Crippen LogP contribution in [-0.4, -0.2) is 48.1 Å². The standard InChI is InChI=1S/C34H36N2O5/c1-4-40-31-20-32(37)36(30(31)18-22(2)3)33(38)29(19-23-12-6-5-7-13-23)35-34(39)41-21-28-26-16-10-8-14-24(26)25-15-9-11-17-27(25)28/h5-17,20,22,28-30H,4,18-19,21H2,1-3H3,(H,35,39)/t29-,30-/m0/s1. The highest BCUT2D eigenvalue weighted by Gasteiger charge is 2.42. The smallest absolute Gasteiger partial charge is 0.407 e.